The van der Waals surface area contributed by atoms with Crippen molar-refractivity contribution in [3.8, 4) is 0 Å². The molecule has 6 nitrogen and oxygen atoms in total. The first-order chi connectivity index (χ1) is 14.2. The van der Waals surface area contributed by atoms with Crippen LogP contribution < -0.4 is 5.32 Å². The fourth-order valence-electron chi connectivity index (χ4n) is 3.24. The number of halogens is 3. The normalized spacial score (nSPS) is 18.5. The number of hydrogen-bond donors (Lipinski definition) is 2. The van der Waals surface area contributed by atoms with Crippen molar-refractivity contribution in [2.45, 2.75) is 36.7 Å². The molecule has 0 bridgehead atoms. The first-order valence-corrected chi connectivity index (χ1v) is 11.2. The van der Waals surface area contributed by atoms with Crippen LogP contribution in [0.3, 0.4) is 0 Å². The van der Waals surface area contributed by atoms with E-state index >= 15 is 0 Å². The molecule has 0 radical (unpaired) electrons. The van der Waals surface area contributed by atoms with Crippen LogP contribution >= 0.6 is 11.6 Å². The summed E-state index contributed by atoms with van der Waals surface area (Å²) < 4.78 is 54.8. The molecule has 1 fully saturated rings. The lowest BCUT2D eigenvalue weighted by Crippen LogP contribution is -2.39. The lowest BCUT2D eigenvalue weighted by molar-refractivity contribution is 0.102. The number of aliphatic hydroxyl groups is 1. The summed E-state index contributed by atoms with van der Waals surface area (Å²) in [7, 11) is -4.26. The SMILES string of the molecule is O=C(Nc1ccc(F)c(Cl)c1)c1ccc(F)c(S(=O)(=O)N2CCCCCC(O)C2)c1. The van der Waals surface area contributed by atoms with Gasteiger partial charge in [0, 0.05) is 24.3 Å². The van der Waals surface area contributed by atoms with Crippen LogP contribution in [0.1, 0.15) is 36.0 Å². The van der Waals surface area contributed by atoms with Crippen molar-refractivity contribution in [3.05, 3.63) is 58.6 Å². The zero-order chi connectivity index (χ0) is 21.9. The van der Waals surface area contributed by atoms with Crippen LogP contribution in [-0.2, 0) is 10.0 Å². The molecule has 1 amide bonds. The highest BCUT2D eigenvalue weighted by Gasteiger charge is 2.30. The Hall–Kier alpha value is -2.07. The third-order valence-corrected chi connectivity index (χ3v) is 7.02. The van der Waals surface area contributed by atoms with E-state index in [-0.39, 0.29) is 29.4 Å². The fourth-order valence-corrected chi connectivity index (χ4v) is 5.03. The molecule has 1 saturated heterocycles. The summed E-state index contributed by atoms with van der Waals surface area (Å²) >= 11 is 5.69. The second-order valence-electron chi connectivity index (χ2n) is 7.09. The molecule has 2 N–H and O–H groups in total. The number of nitrogens with zero attached hydrogens (tertiary/aromatic N) is 1. The zero-order valence-electron chi connectivity index (χ0n) is 15.9. The summed E-state index contributed by atoms with van der Waals surface area (Å²) in [5, 5.41) is 12.3. The van der Waals surface area contributed by atoms with E-state index in [0.29, 0.717) is 12.8 Å². The van der Waals surface area contributed by atoms with E-state index in [1.54, 1.807) is 0 Å². The minimum atomic E-state index is -4.26. The molecule has 2 aromatic rings. The number of β-amino-alcohol motifs (C(OH)–C–C–N with tert-alkyl or cyclic N) is 1. The van der Waals surface area contributed by atoms with E-state index in [4.69, 9.17) is 11.6 Å². The molecular weight excluding hydrogens is 438 g/mol. The summed E-state index contributed by atoms with van der Waals surface area (Å²) in [6, 6.07) is 6.58. The van der Waals surface area contributed by atoms with Gasteiger partial charge in [0.05, 0.1) is 11.1 Å². The maximum absolute atomic E-state index is 14.4. The van der Waals surface area contributed by atoms with Gasteiger partial charge in [0.2, 0.25) is 10.0 Å². The first-order valence-electron chi connectivity index (χ1n) is 9.42. The van der Waals surface area contributed by atoms with Gasteiger partial charge in [-0.3, -0.25) is 4.79 Å². The predicted molar refractivity (Wildman–Crippen MR) is 109 cm³/mol. The summed E-state index contributed by atoms with van der Waals surface area (Å²) in [6.45, 7) is 0.0234. The van der Waals surface area contributed by atoms with Gasteiger partial charge >= 0.3 is 0 Å². The van der Waals surface area contributed by atoms with Gasteiger partial charge in [0.1, 0.15) is 16.5 Å². The van der Waals surface area contributed by atoms with Crippen LogP contribution in [0.5, 0.6) is 0 Å². The zero-order valence-corrected chi connectivity index (χ0v) is 17.5. The second-order valence-corrected chi connectivity index (χ2v) is 9.41. The van der Waals surface area contributed by atoms with E-state index in [1.807, 2.05) is 0 Å². The third kappa shape index (κ3) is 5.15. The number of hydrogen-bond acceptors (Lipinski definition) is 4. The van der Waals surface area contributed by atoms with Crippen molar-refractivity contribution >= 4 is 33.2 Å². The molecule has 30 heavy (non-hydrogen) atoms. The molecule has 10 heteroatoms. The Morgan fingerprint density at radius 1 is 1.10 bits per heavy atom. The Bertz CT molecular complexity index is 1050. The quantitative estimate of drug-likeness (QED) is 0.729. The van der Waals surface area contributed by atoms with Gasteiger partial charge in [-0.2, -0.15) is 4.31 Å². The highest BCUT2D eigenvalue weighted by atomic mass is 35.5. The number of aliphatic hydroxyl groups excluding tert-OH is 1. The molecule has 0 saturated carbocycles. The molecule has 3 rings (SSSR count). The van der Waals surface area contributed by atoms with Crippen molar-refractivity contribution in [2.75, 3.05) is 18.4 Å². The Labute approximate surface area is 178 Å². The number of amides is 1. The van der Waals surface area contributed by atoms with Gasteiger partial charge in [-0.05, 0) is 49.2 Å². The van der Waals surface area contributed by atoms with Crippen LogP contribution in [0.2, 0.25) is 5.02 Å². The number of rotatable bonds is 4. The minimum Gasteiger partial charge on any atom is -0.392 e. The maximum atomic E-state index is 14.4. The van der Waals surface area contributed by atoms with Gasteiger partial charge in [-0.25, -0.2) is 17.2 Å². The summed E-state index contributed by atoms with van der Waals surface area (Å²) in [5.74, 6) is -2.35. The predicted octanol–water partition coefficient (Wildman–Crippen LogP) is 3.80. The van der Waals surface area contributed by atoms with Crippen molar-refractivity contribution in [1.82, 2.24) is 4.31 Å². The number of sulfonamides is 1. The van der Waals surface area contributed by atoms with Gasteiger partial charge in [0.15, 0.2) is 0 Å². The Morgan fingerprint density at radius 3 is 2.57 bits per heavy atom. The van der Waals surface area contributed by atoms with Crippen molar-refractivity contribution in [3.63, 3.8) is 0 Å². The lowest BCUT2D eigenvalue weighted by Gasteiger charge is -2.27. The van der Waals surface area contributed by atoms with E-state index in [1.165, 1.54) is 12.1 Å². The van der Waals surface area contributed by atoms with Gasteiger partial charge in [0.25, 0.3) is 5.91 Å². The van der Waals surface area contributed by atoms with Crippen LogP contribution in [0, 0.1) is 11.6 Å². The molecule has 162 valence electrons. The Balaban J connectivity index is 1.87. The third-order valence-electron chi connectivity index (χ3n) is 4.85. The van der Waals surface area contributed by atoms with Crippen molar-refractivity contribution in [1.29, 1.82) is 0 Å². The van der Waals surface area contributed by atoms with Gasteiger partial charge < -0.3 is 10.4 Å². The monoisotopic (exact) mass is 458 g/mol. The van der Waals surface area contributed by atoms with E-state index in [0.717, 1.165) is 41.4 Å². The van der Waals surface area contributed by atoms with Crippen LogP contribution in [0.15, 0.2) is 41.3 Å². The Morgan fingerprint density at radius 2 is 1.83 bits per heavy atom. The molecular formula is C20H21ClF2N2O4S. The summed E-state index contributed by atoms with van der Waals surface area (Å²) in [6.07, 6.45) is 1.79. The number of nitrogens with one attached hydrogen (secondary N) is 1. The Kier molecular flexibility index (Phi) is 7.07. The van der Waals surface area contributed by atoms with E-state index in [9.17, 15) is 27.1 Å². The molecule has 1 aliphatic heterocycles. The van der Waals surface area contributed by atoms with Crippen molar-refractivity contribution < 1.29 is 27.1 Å². The second kappa shape index (κ2) is 9.38. The lowest BCUT2D eigenvalue weighted by atomic mass is 10.1. The van der Waals surface area contributed by atoms with E-state index < -0.39 is 38.6 Å². The molecule has 0 aliphatic carbocycles. The topological polar surface area (TPSA) is 86.7 Å². The molecule has 1 atom stereocenters. The maximum Gasteiger partial charge on any atom is 0.255 e. The fraction of sp³-hybridized carbons (Fsp3) is 0.350. The summed E-state index contributed by atoms with van der Waals surface area (Å²) in [4.78, 5) is 11.9. The molecule has 2 aromatic carbocycles. The number of carbonyl (C=O) groups excluding carboxylic acids is 1. The van der Waals surface area contributed by atoms with Gasteiger partial charge in [-0.15, -0.1) is 0 Å². The molecule has 0 spiro atoms. The number of benzene rings is 2. The molecule has 1 aliphatic rings. The minimum absolute atomic E-state index is 0.0944. The summed E-state index contributed by atoms with van der Waals surface area (Å²) in [5.41, 5.74) is 0.107. The van der Waals surface area contributed by atoms with Crippen molar-refractivity contribution in [2.24, 2.45) is 0 Å². The van der Waals surface area contributed by atoms with Crippen LogP contribution in [0.25, 0.3) is 0 Å². The highest BCUT2D eigenvalue weighted by molar-refractivity contribution is 7.89. The average Bonchev–Trinajstić information content (AvgIpc) is 2.67. The molecule has 1 unspecified atom stereocenters. The highest BCUT2D eigenvalue weighted by Crippen LogP contribution is 2.25. The largest absolute Gasteiger partial charge is 0.392 e. The standard InChI is InChI=1S/C20H21ClF2N2O4S/c21-16-11-14(6-8-17(16)22)24-20(27)13-5-7-18(23)19(10-13)30(28,29)25-9-3-1-2-4-15(26)12-25/h5-8,10-11,15,26H,1-4,9,12H2,(H,24,27). The molecule has 1 heterocycles. The number of anilines is 1. The van der Waals surface area contributed by atoms with E-state index in [2.05, 4.69) is 5.32 Å². The van der Waals surface area contributed by atoms with Crippen LogP contribution in [-0.4, -0.2) is 42.9 Å². The molecule has 0 aromatic heterocycles. The number of carbonyl (C=O) groups is 1. The van der Waals surface area contributed by atoms with Crippen LogP contribution in [0.4, 0.5) is 14.5 Å². The average molecular weight is 459 g/mol. The smallest absolute Gasteiger partial charge is 0.255 e. The first kappa shape index (κ1) is 22.6. The van der Waals surface area contributed by atoms with Gasteiger partial charge in [-0.1, -0.05) is 24.4 Å².